The first-order valence-corrected chi connectivity index (χ1v) is 9.78. The third kappa shape index (κ3) is 10.8. The fourth-order valence-electron chi connectivity index (χ4n) is 2.23. The van der Waals surface area contributed by atoms with Crippen LogP contribution in [0.1, 0.15) is 44.5 Å². The molecule has 9 heteroatoms. The molecule has 0 aliphatic heterocycles. The molecule has 0 saturated heterocycles. The van der Waals surface area contributed by atoms with E-state index in [0.29, 0.717) is 45.1 Å². The summed E-state index contributed by atoms with van der Waals surface area (Å²) in [5.41, 5.74) is -0.274. The molecular weight excluding hydrogens is 374 g/mol. The third-order valence-electron chi connectivity index (χ3n) is 3.47. The number of rotatable bonds is 9. The second-order valence-corrected chi connectivity index (χ2v) is 7.24. The van der Waals surface area contributed by atoms with Crippen molar-refractivity contribution in [2.75, 3.05) is 32.7 Å². The molecule has 5 N–H and O–H groups in total. The van der Waals surface area contributed by atoms with E-state index in [1.807, 2.05) is 27.7 Å². The van der Waals surface area contributed by atoms with Crippen LogP contribution in [0.15, 0.2) is 29.3 Å². The molecule has 1 rings (SSSR count). The van der Waals surface area contributed by atoms with Gasteiger partial charge < -0.3 is 31.1 Å². The first kappa shape index (κ1) is 24.1. The molecule has 0 radical (unpaired) electrons. The maximum absolute atomic E-state index is 12.0. The molecule has 0 spiro atoms. The van der Waals surface area contributed by atoms with Crippen LogP contribution < -0.4 is 21.3 Å². The number of nitrogens with one attached hydrogen (secondary N) is 4. The molecule has 2 amide bonds. The number of hydrogen-bond donors (Lipinski definition) is 5. The first-order chi connectivity index (χ1) is 13.7. The van der Waals surface area contributed by atoms with Crippen molar-refractivity contribution in [3.05, 3.63) is 29.8 Å². The van der Waals surface area contributed by atoms with Crippen molar-refractivity contribution in [1.82, 2.24) is 21.3 Å². The zero-order chi connectivity index (χ0) is 21.7. The molecule has 0 fully saturated rings. The van der Waals surface area contributed by atoms with Gasteiger partial charge in [-0.15, -0.1) is 0 Å². The summed E-state index contributed by atoms with van der Waals surface area (Å²) in [6.07, 6.45) is 0.228. The number of hydrogen-bond acceptors (Lipinski definition) is 5. The number of guanidine groups is 1. The first-order valence-electron chi connectivity index (χ1n) is 9.78. The molecule has 0 atom stereocenters. The van der Waals surface area contributed by atoms with Gasteiger partial charge in [-0.25, -0.2) is 4.79 Å². The molecule has 162 valence electrons. The lowest BCUT2D eigenvalue weighted by Crippen LogP contribution is -2.41. The third-order valence-corrected chi connectivity index (χ3v) is 3.47. The number of alkyl carbamates (subject to hydrolysis) is 1. The van der Waals surface area contributed by atoms with Gasteiger partial charge in [-0.2, -0.15) is 0 Å². The van der Waals surface area contributed by atoms with E-state index in [2.05, 4.69) is 26.3 Å². The Labute approximate surface area is 172 Å². The van der Waals surface area contributed by atoms with Crippen LogP contribution in [-0.2, 0) is 4.74 Å². The Bertz CT molecular complexity index is 686. The fraction of sp³-hybridized carbons (Fsp3) is 0.550. The van der Waals surface area contributed by atoms with E-state index in [0.717, 1.165) is 0 Å². The van der Waals surface area contributed by atoms with Crippen LogP contribution in [0.25, 0.3) is 0 Å². The molecule has 0 heterocycles. The van der Waals surface area contributed by atoms with Gasteiger partial charge in [-0.3, -0.25) is 9.79 Å². The lowest BCUT2D eigenvalue weighted by molar-refractivity contribution is 0.0527. The predicted molar refractivity (Wildman–Crippen MR) is 113 cm³/mol. The van der Waals surface area contributed by atoms with Crippen molar-refractivity contribution < 1.29 is 19.4 Å². The van der Waals surface area contributed by atoms with Crippen molar-refractivity contribution in [3.8, 4) is 5.75 Å². The molecule has 29 heavy (non-hydrogen) atoms. The van der Waals surface area contributed by atoms with Gasteiger partial charge in [-0.1, -0.05) is 12.1 Å². The van der Waals surface area contributed by atoms with Crippen LogP contribution in [0.2, 0.25) is 0 Å². The lowest BCUT2D eigenvalue weighted by atomic mass is 10.2. The highest BCUT2D eigenvalue weighted by molar-refractivity contribution is 5.96. The summed E-state index contributed by atoms with van der Waals surface area (Å²) >= 11 is 0. The van der Waals surface area contributed by atoms with Crippen LogP contribution in [0, 0.1) is 0 Å². The lowest BCUT2D eigenvalue weighted by Gasteiger charge is -2.19. The van der Waals surface area contributed by atoms with E-state index >= 15 is 0 Å². The maximum atomic E-state index is 12.0. The van der Waals surface area contributed by atoms with E-state index < -0.39 is 11.7 Å². The molecular formula is C20H33N5O4. The Kier molecular flexibility index (Phi) is 10.4. The molecule has 1 aromatic carbocycles. The minimum Gasteiger partial charge on any atom is -0.507 e. The molecule has 0 unspecified atom stereocenters. The van der Waals surface area contributed by atoms with Crippen molar-refractivity contribution in [2.24, 2.45) is 4.99 Å². The van der Waals surface area contributed by atoms with E-state index in [-0.39, 0.29) is 17.2 Å². The van der Waals surface area contributed by atoms with Crippen molar-refractivity contribution in [3.63, 3.8) is 0 Å². The number of para-hydroxylation sites is 1. The van der Waals surface area contributed by atoms with Crippen molar-refractivity contribution in [2.45, 2.75) is 39.7 Å². The van der Waals surface area contributed by atoms with Crippen LogP contribution >= 0.6 is 0 Å². The highest BCUT2D eigenvalue weighted by atomic mass is 16.6. The van der Waals surface area contributed by atoms with Gasteiger partial charge in [0, 0.05) is 32.7 Å². The van der Waals surface area contributed by atoms with Crippen LogP contribution in [-0.4, -0.2) is 61.4 Å². The SMILES string of the molecule is CCNC(=NCCCNC(=O)OC(C)(C)C)NCCNC(=O)c1ccccc1O. The Morgan fingerprint density at radius 1 is 1.03 bits per heavy atom. The van der Waals surface area contributed by atoms with E-state index in [9.17, 15) is 14.7 Å². The van der Waals surface area contributed by atoms with Crippen LogP contribution in [0.5, 0.6) is 5.75 Å². The second-order valence-electron chi connectivity index (χ2n) is 7.24. The van der Waals surface area contributed by atoms with E-state index in [4.69, 9.17) is 4.74 Å². The number of carbonyl (C=O) groups is 2. The maximum Gasteiger partial charge on any atom is 0.407 e. The zero-order valence-electron chi connectivity index (χ0n) is 17.7. The smallest absolute Gasteiger partial charge is 0.407 e. The number of nitrogens with zero attached hydrogens (tertiary/aromatic N) is 1. The predicted octanol–water partition coefficient (Wildman–Crippen LogP) is 1.59. The number of phenolic OH excluding ortho intramolecular Hbond substituents is 1. The second kappa shape index (κ2) is 12.5. The van der Waals surface area contributed by atoms with E-state index in [1.165, 1.54) is 6.07 Å². The largest absolute Gasteiger partial charge is 0.507 e. The molecule has 0 saturated carbocycles. The molecule has 9 nitrogen and oxygen atoms in total. The Hall–Kier alpha value is -2.97. The number of ether oxygens (including phenoxy) is 1. The van der Waals surface area contributed by atoms with Gasteiger partial charge in [0.1, 0.15) is 11.4 Å². The number of carbonyl (C=O) groups excluding carboxylic acids is 2. The minimum absolute atomic E-state index is 0.0483. The quantitative estimate of drug-likeness (QED) is 0.241. The topological polar surface area (TPSA) is 124 Å². The van der Waals surface area contributed by atoms with Crippen molar-refractivity contribution >= 4 is 18.0 Å². The van der Waals surface area contributed by atoms with Gasteiger partial charge in [0.25, 0.3) is 5.91 Å². The average molecular weight is 408 g/mol. The van der Waals surface area contributed by atoms with Gasteiger partial charge in [-0.05, 0) is 46.2 Å². The number of aromatic hydroxyl groups is 1. The summed E-state index contributed by atoms with van der Waals surface area (Å²) in [6.45, 7) is 9.94. The van der Waals surface area contributed by atoms with Crippen LogP contribution in [0.4, 0.5) is 4.79 Å². The van der Waals surface area contributed by atoms with Gasteiger partial charge in [0.15, 0.2) is 5.96 Å². The average Bonchev–Trinajstić information content (AvgIpc) is 2.63. The normalized spacial score (nSPS) is 11.5. The zero-order valence-corrected chi connectivity index (χ0v) is 17.7. The number of amides is 2. The van der Waals surface area contributed by atoms with E-state index in [1.54, 1.807) is 18.2 Å². The van der Waals surface area contributed by atoms with Crippen LogP contribution in [0.3, 0.4) is 0 Å². The summed E-state index contributed by atoms with van der Waals surface area (Å²) < 4.78 is 5.17. The van der Waals surface area contributed by atoms with Gasteiger partial charge in [0.05, 0.1) is 5.56 Å². The number of benzene rings is 1. The Balaban J connectivity index is 2.29. The number of aliphatic imine (C=N–C) groups is 1. The summed E-state index contributed by atoms with van der Waals surface area (Å²) in [4.78, 5) is 28.0. The molecule has 0 aromatic heterocycles. The number of phenols is 1. The summed E-state index contributed by atoms with van der Waals surface area (Å²) in [6, 6.07) is 6.39. The standard InChI is InChI=1S/C20H33N5O4/c1-5-21-18(23-11-8-12-25-19(28)29-20(2,3)4)24-14-13-22-17(27)15-9-6-7-10-16(15)26/h6-7,9-10,26H,5,8,11-14H2,1-4H3,(H,22,27)(H,25,28)(H2,21,23,24). The highest BCUT2D eigenvalue weighted by Crippen LogP contribution is 2.14. The summed E-state index contributed by atoms with van der Waals surface area (Å²) in [5, 5.41) is 21.4. The Morgan fingerprint density at radius 3 is 2.38 bits per heavy atom. The van der Waals surface area contributed by atoms with Gasteiger partial charge >= 0.3 is 6.09 Å². The fourth-order valence-corrected chi connectivity index (χ4v) is 2.23. The molecule has 1 aromatic rings. The Morgan fingerprint density at radius 2 is 1.72 bits per heavy atom. The van der Waals surface area contributed by atoms with Gasteiger partial charge in [0.2, 0.25) is 0 Å². The molecule has 0 aliphatic rings. The monoisotopic (exact) mass is 407 g/mol. The van der Waals surface area contributed by atoms with Crippen molar-refractivity contribution in [1.29, 1.82) is 0 Å². The minimum atomic E-state index is -0.515. The molecule has 0 aliphatic carbocycles. The summed E-state index contributed by atoms with van der Waals surface area (Å²) in [7, 11) is 0. The highest BCUT2D eigenvalue weighted by Gasteiger charge is 2.15. The summed E-state index contributed by atoms with van der Waals surface area (Å²) in [5.74, 6) is 0.245. The molecule has 0 bridgehead atoms.